The first-order valence-electron chi connectivity index (χ1n) is 7.08. The van der Waals surface area contributed by atoms with Crippen molar-refractivity contribution in [2.75, 3.05) is 5.73 Å². The number of aryl methyl sites for hydroxylation is 5. The number of rotatable bonds is 1. The van der Waals surface area contributed by atoms with Crippen LogP contribution in [-0.4, -0.2) is 14.5 Å². The molecule has 0 saturated carbocycles. The van der Waals surface area contributed by atoms with Gasteiger partial charge in [0, 0.05) is 6.20 Å². The largest absolute Gasteiger partial charge is 0.383 e. The molecule has 108 valence electrons. The average Bonchev–Trinajstić information content (AvgIpc) is 2.65. The fourth-order valence-electron chi connectivity index (χ4n) is 3.17. The Bertz CT molecular complexity index is 836. The van der Waals surface area contributed by atoms with Crippen LogP contribution < -0.4 is 5.73 Å². The van der Waals surface area contributed by atoms with Crippen molar-refractivity contribution in [3.05, 3.63) is 46.4 Å². The SMILES string of the molecule is Cc1cc(C)c(-n2cc(C)c3c(N)nc(C)nc32)c(C)c1. The van der Waals surface area contributed by atoms with Gasteiger partial charge in [0.1, 0.15) is 11.6 Å². The summed E-state index contributed by atoms with van der Waals surface area (Å²) in [4.78, 5) is 8.89. The van der Waals surface area contributed by atoms with Crippen LogP contribution in [0.2, 0.25) is 0 Å². The third-order valence-electron chi connectivity index (χ3n) is 3.85. The minimum absolute atomic E-state index is 0.552. The maximum absolute atomic E-state index is 6.09. The van der Waals surface area contributed by atoms with E-state index in [9.17, 15) is 0 Å². The maximum atomic E-state index is 6.09. The highest BCUT2D eigenvalue weighted by atomic mass is 15.1. The molecule has 0 aliphatic heterocycles. The van der Waals surface area contributed by atoms with E-state index in [2.05, 4.69) is 53.6 Å². The van der Waals surface area contributed by atoms with Crippen LogP contribution in [0.3, 0.4) is 0 Å². The molecule has 3 rings (SSSR count). The molecular formula is C17H20N4. The molecule has 0 saturated heterocycles. The summed E-state index contributed by atoms with van der Waals surface area (Å²) in [5.41, 5.74) is 13.0. The Labute approximate surface area is 124 Å². The van der Waals surface area contributed by atoms with Gasteiger partial charge in [-0.1, -0.05) is 17.7 Å². The normalized spacial score (nSPS) is 11.3. The Morgan fingerprint density at radius 2 is 1.52 bits per heavy atom. The van der Waals surface area contributed by atoms with Crippen LogP contribution in [0, 0.1) is 34.6 Å². The van der Waals surface area contributed by atoms with Crippen LogP contribution >= 0.6 is 0 Å². The van der Waals surface area contributed by atoms with E-state index in [1.54, 1.807) is 0 Å². The van der Waals surface area contributed by atoms with Crippen molar-refractivity contribution in [3.63, 3.8) is 0 Å². The van der Waals surface area contributed by atoms with E-state index in [4.69, 9.17) is 5.73 Å². The van der Waals surface area contributed by atoms with Gasteiger partial charge in [-0.3, -0.25) is 0 Å². The summed E-state index contributed by atoms with van der Waals surface area (Å²) in [7, 11) is 0. The fourth-order valence-corrected chi connectivity index (χ4v) is 3.17. The summed E-state index contributed by atoms with van der Waals surface area (Å²) in [6.07, 6.45) is 2.10. The van der Waals surface area contributed by atoms with Gasteiger partial charge in [0.15, 0.2) is 5.65 Å². The van der Waals surface area contributed by atoms with Crippen molar-refractivity contribution in [1.29, 1.82) is 0 Å². The highest BCUT2D eigenvalue weighted by Crippen LogP contribution is 2.30. The van der Waals surface area contributed by atoms with E-state index in [0.717, 1.165) is 16.6 Å². The lowest BCUT2D eigenvalue weighted by Gasteiger charge is -2.13. The third-order valence-corrected chi connectivity index (χ3v) is 3.85. The number of nitrogen functional groups attached to an aromatic ring is 1. The number of hydrogen-bond acceptors (Lipinski definition) is 3. The topological polar surface area (TPSA) is 56.7 Å². The predicted molar refractivity (Wildman–Crippen MR) is 87.0 cm³/mol. The van der Waals surface area contributed by atoms with Gasteiger partial charge in [0.25, 0.3) is 0 Å². The minimum atomic E-state index is 0.552. The smallest absolute Gasteiger partial charge is 0.150 e. The van der Waals surface area contributed by atoms with Gasteiger partial charge in [-0.25, -0.2) is 9.97 Å². The summed E-state index contributed by atoms with van der Waals surface area (Å²) in [6.45, 7) is 10.3. The van der Waals surface area contributed by atoms with E-state index >= 15 is 0 Å². The zero-order valence-electron chi connectivity index (χ0n) is 13.2. The molecule has 2 heterocycles. The molecule has 4 nitrogen and oxygen atoms in total. The van der Waals surface area contributed by atoms with Gasteiger partial charge in [-0.15, -0.1) is 0 Å². The van der Waals surface area contributed by atoms with E-state index in [1.165, 1.54) is 22.4 Å². The first kappa shape index (κ1) is 13.6. The molecule has 0 fully saturated rings. The van der Waals surface area contributed by atoms with Crippen molar-refractivity contribution >= 4 is 16.9 Å². The zero-order valence-corrected chi connectivity index (χ0v) is 13.2. The van der Waals surface area contributed by atoms with Gasteiger partial charge in [0.05, 0.1) is 11.1 Å². The Morgan fingerprint density at radius 3 is 2.14 bits per heavy atom. The second kappa shape index (κ2) is 4.58. The summed E-state index contributed by atoms with van der Waals surface area (Å²) >= 11 is 0. The molecule has 0 aliphatic rings. The summed E-state index contributed by atoms with van der Waals surface area (Å²) in [6, 6.07) is 4.39. The van der Waals surface area contributed by atoms with Crippen LogP contribution in [0.1, 0.15) is 28.1 Å². The predicted octanol–water partition coefficient (Wildman–Crippen LogP) is 3.54. The standard InChI is InChI=1S/C17H20N4/c1-9-6-10(2)15(11(3)7-9)21-8-12(4)14-16(18)19-13(5)20-17(14)21/h6-8H,1-5H3,(H2,18,19,20). The number of benzene rings is 1. The Hall–Kier alpha value is -2.36. The fraction of sp³-hybridized carbons (Fsp3) is 0.294. The number of fused-ring (bicyclic) bond motifs is 1. The molecule has 1 aromatic carbocycles. The van der Waals surface area contributed by atoms with Gasteiger partial charge in [-0.05, 0) is 51.3 Å². The highest BCUT2D eigenvalue weighted by Gasteiger charge is 2.15. The van der Waals surface area contributed by atoms with E-state index in [0.29, 0.717) is 11.6 Å². The lowest BCUT2D eigenvalue weighted by atomic mass is 10.1. The monoisotopic (exact) mass is 280 g/mol. The van der Waals surface area contributed by atoms with Gasteiger partial charge >= 0.3 is 0 Å². The average molecular weight is 280 g/mol. The summed E-state index contributed by atoms with van der Waals surface area (Å²) < 4.78 is 2.14. The number of aromatic nitrogens is 3. The molecule has 0 amide bonds. The molecule has 3 aromatic rings. The lowest BCUT2D eigenvalue weighted by Crippen LogP contribution is -2.03. The van der Waals surface area contributed by atoms with E-state index < -0.39 is 0 Å². The van der Waals surface area contributed by atoms with Crippen molar-refractivity contribution in [2.24, 2.45) is 0 Å². The molecular weight excluding hydrogens is 260 g/mol. The second-order valence-electron chi connectivity index (χ2n) is 5.78. The summed E-state index contributed by atoms with van der Waals surface area (Å²) in [5, 5.41) is 0.944. The lowest BCUT2D eigenvalue weighted by molar-refractivity contribution is 1.01. The molecule has 0 atom stereocenters. The minimum Gasteiger partial charge on any atom is -0.383 e. The molecule has 0 unspecified atom stereocenters. The van der Waals surface area contributed by atoms with Crippen LogP contribution in [0.15, 0.2) is 18.3 Å². The van der Waals surface area contributed by atoms with Crippen molar-refractivity contribution in [3.8, 4) is 5.69 Å². The van der Waals surface area contributed by atoms with Gasteiger partial charge in [0.2, 0.25) is 0 Å². The van der Waals surface area contributed by atoms with Crippen LogP contribution in [0.5, 0.6) is 0 Å². The molecule has 0 spiro atoms. The van der Waals surface area contributed by atoms with Crippen molar-refractivity contribution in [1.82, 2.24) is 14.5 Å². The van der Waals surface area contributed by atoms with Crippen molar-refractivity contribution < 1.29 is 0 Å². The Morgan fingerprint density at radius 1 is 0.905 bits per heavy atom. The third kappa shape index (κ3) is 2.07. The number of hydrogen-bond donors (Lipinski definition) is 1. The highest BCUT2D eigenvalue weighted by molar-refractivity contribution is 5.91. The zero-order chi connectivity index (χ0) is 15.3. The van der Waals surface area contributed by atoms with E-state index in [-0.39, 0.29) is 0 Å². The molecule has 0 bridgehead atoms. The molecule has 2 aromatic heterocycles. The van der Waals surface area contributed by atoms with Gasteiger partial charge < -0.3 is 10.3 Å². The van der Waals surface area contributed by atoms with Crippen molar-refractivity contribution in [2.45, 2.75) is 34.6 Å². The first-order chi connectivity index (χ1) is 9.88. The Kier molecular flexibility index (Phi) is 2.97. The molecule has 2 N–H and O–H groups in total. The maximum Gasteiger partial charge on any atom is 0.150 e. The number of nitrogens with zero attached hydrogens (tertiary/aromatic N) is 3. The van der Waals surface area contributed by atoms with Crippen LogP contribution in [0.4, 0.5) is 5.82 Å². The van der Waals surface area contributed by atoms with Crippen LogP contribution in [-0.2, 0) is 0 Å². The van der Waals surface area contributed by atoms with Crippen LogP contribution in [0.25, 0.3) is 16.7 Å². The molecule has 21 heavy (non-hydrogen) atoms. The Balaban J connectivity index is 2.42. The number of anilines is 1. The van der Waals surface area contributed by atoms with E-state index in [1.807, 2.05) is 13.8 Å². The first-order valence-corrected chi connectivity index (χ1v) is 7.08. The second-order valence-corrected chi connectivity index (χ2v) is 5.78. The molecule has 4 heteroatoms. The molecule has 0 radical (unpaired) electrons. The quantitative estimate of drug-likeness (QED) is 0.741. The summed E-state index contributed by atoms with van der Waals surface area (Å²) in [5.74, 6) is 1.25. The molecule has 0 aliphatic carbocycles. The number of nitrogens with two attached hydrogens (primary N) is 1. The van der Waals surface area contributed by atoms with Gasteiger partial charge in [-0.2, -0.15) is 0 Å².